The summed E-state index contributed by atoms with van der Waals surface area (Å²) in [5, 5.41) is 14.7. The summed E-state index contributed by atoms with van der Waals surface area (Å²) in [7, 11) is 1.38. The number of methoxy groups -OCH3 is 1. The van der Waals surface area contributed by atoms with Crippen molar-refractivity contribution in [3.05, 3.63) is 74.4 Å². The Hall–Kier alpha value is -4.37. The van der Waals surface area contributed by atoms with Crippen LogP contribution in [0.5, 0.6) is 5.75 Å². The normalized spacial score (nSPS) is 16.9. The largest absolute Gasteiger partial charge is 0.494 e. The number of hydrogen-bond acceptors (Lipinski definition) is 8. The topological polar surface area (TPSA) is 122 Å². The maximum Gasteiger partial charge on any atom is 0.280 e. The van der Waals surface area contributed by atoms with Crippen molar-refractivity contribution >= 4 is 33.6 Å². The van der Waals surface area contributed by atoms with Gasteiger partial charge in [0.2, 0.25) is 5.13 Å². The van der Waals surface area contributed by atoms with E-state index < -0.39 is 24.1 Å². The summed E-state index contributed by atoms with van der Waals surface area (Å²) in [4.78, 5) is 32.5. The van der Waals surface area contributed by atoms with Gasteiger partial charge >= 0.3 is 0 Å². The summed E-state index contributed by atoms with van der Waals surface area (Å²) in [6.07, 6.45) is 3.57. The van der Waals surface area contributed by atoms with E-state index >= 15 is 0 Å². The number of aromatic amines is 1. The number of carbonyl (C=O) groups excluding carboxylic acids is 1. The molecule has 0 radical (unpaired) electrons. The average Bonchev–Trinajstić information content (AvgIpc) is 3.64. The van der Waals surface area contributed by atoms with Crippen molar-refractivity contribution in [3.63, 3.8) is 0 Å². The highest BCUT2D eigenvalue weighted by Crippen LogP contribution is 2.37. The van der Waals surface area contributed by atoms with Crippen LogP contribution in [0.3, 0.4) is 0 Å². The molecule has 5 rings (SSSR count). The molecule has 0 saturated heterocycles. The third kappa shape index (κ3) is 5.33. The molecule has 2 aliphatic rings. The molecule has 1 aliphatic carbocycles. The van der Waals surface area contributed by atoms with Crippen LogP contribution in [0.15, 0.2) is 47.0 Å². The zero-order valence-corrected chi connectivity index (χ0v) is 21.2. The van der Waals surface area contributed by atoms with Crippen LogP contribution in [0.4, 0.5) is 13.9 Å². The maximum atomic E-state index is 13.6. The van der Waals surface area contributed by atoms with E-state index in [4.69, 9.17) is 4.74 Å². The summed E-state index contributed by atoms with van der Waals surface area (Å²) in [5.74, 6) is 6.13. The molecule has 9 nitrogen and oxygen atoms in total. The van der Waals surface area contributed by atoms with Crippen LogP contribution in [-0.4, -0.2) is 39.2 Å². The summed E-state index contributed by atoms with van der Waals surface area (Å²) >= 11 is 1.14. The van der Waals surface area contributed by atoms with Crippen molar-refractivity contribution in [1.29, 1.82) is 0 Å². The number of nitrogens with zero attached hydrogens (tertiary/aromatic N) is 3. The molecule has 1 saturated carbocycles. The smallest absolute Gasteiger partial charge is 0.280 e. The minimum Gasteiger partial charge on any atom is -0.494 e. The number of carbonyl (C=O) groups is 1. The van der Waals surface area contributed by atoms with Gasteiger partial charge < -0.3 is 15.0 Å². The molecule has 0 spiro atoms. The quantitative estimate of drug-likeness (QED) is 0.410. The lowest BCUT2D eigenvalue weighted by Gasteiger charge is -2.28. The number of rotatable bonds is 6. The van der Waals surface area contributed by atoms with Crippen molar-refractivity contribution in [2.45, 2.75) is 32.2 Å². The lowest BCUT2D eigenvalue weighted by Crippen LogP contribution is -2.37. The molecule has 12 heteroatoms. The Morgan fingerprint density at radius 2 is 2.11 bits per heavy atom. The van der Waals surface area contributed by atoms with Gasteiger partial charge in [-0.15, -0.1) is 10.2 Å². The first-order chi connectivity index (χ1) is 18.3. The Kier molecular flexibility index (Phi) is 7.02. The molecule has 1 aliphatic heterocycles. The van der Waals surface area contributed by atoms with Crippen LogP contribution >= 0.6 is 11.3 Å². The van der Waals surface area contributed by atoms with Crippen molar-refractivity contribution in [3.8, 4) is 17.6 Å². The number of aromatic nitrogens is 4. The molecule has 1 fully saturated rings. The van der Waals surface area contributed by atoms with Crippen LogP contribution < -0.4 is 20.9 Å². The zero-order valence-electron chi connectivity index (χ0n) is 20.3. The van der Waals surface area contributed by atoms with Crippen LogP contribution in [-0.2, 0) is 4.79 Å². The predicted molar refractivity (Wildman–Crippen MR) is 138 cm³/mol. The zero-order chi connectivity index (χ0) is 26.8. The first-order valence-electron chi connectivity index (χ1n) is 11.7. The van der Waals surface area contributed by atoms with Crippen LogP contribution in [0.2, 0.25) is 0 Å². The van der Waals surface area contributed by atoms with E-state index in [1.165, 1.54) is 25.6 Å². The fourth-order valence-corrected chi connectivity index (χ4v) is 4.57. The summed E-state index contributed by atoms with van der Waals surface area (Å²) < 4.78 is 32.6. The standard InChI is InChI=1S/C26H22F2N6O3S/c1-13-22(25(36)32-26-34-33-21(38-26)8-7-14-5-6-14)17(11-18(31-13)15-4-3-9-29-24(15)35)16-10-19(23(27)28)30-12-20(16)37-2/h3-4,9-14,23,31H,5-6H2,1-2H3,(H,29,35)(H,32,34,36). The molecule has 3 N–H and O–H groups in total. The molecule has 194 valence electrons. The lowest BCUT2D eigenvalue weighted by molar-refractivity contribution is -0.113. The van der Waals surface area contributed by atoms with E-state index in [1.54, 1.807) is 25.1 Å². The predicted octanol–water partition coefficient (Wildman–Crippen LogP) is 3.75. The van der Waals surface area contributed by atoms with Crippen molar-refractivity contribution in [1.82, 2.24) is 25.5 Å². The van der Waals surface area contributed by atoms with Crippen molar-refractivity contribution < 1.29 is 18.3 Å². The van der Waals surface area contributed by atoms with Crippen molar-refractivity contribution in [2.75, 3.05) is 12.4 Å². The molecule has 1 atom stereocenters. The van der Waals surface area contributed by atoms with Gasteiger partial charge in [0.1, 0.15) is 11.4 Å². The highest BCUT2D eigenvalue weighted by Gasteiger charge is 2.30. The third-order valence-electron chi connectivity index (χ3n) is 5.97. The van der Waals surface area contributed by atoms with E-state index in [9.17, 15) is 18.4 Å². The lowest BCUT2D eigenvalue weighted by atomic mass is 9.89. The number of hydrogen-bond donors (Lipinski definition) is 3. The molecule has 38 heavy (non-hydrogen) atoms. The van der Waals surface area contributed by atoms with Gasteiger partial charge in [-0.05, 0) is 55.5 Å². The molecule has 0 aromatic carbocycles. The van der Waals surface area contributed by atoms with E-state index in [0.717, 1.165) is 24.2 Å². The van der Waals surface area contributed by atoms with Gasteiger partial charge in [0.15, 0.2) is 5.01 Å². The van der Waals surface area contributed by atoms with Gasteiger partial charge in [-0.3, -0.25) is 19.9 Å². The molecule has 1 amide bonds. The molecule has 3 aromatic rings. The monoisotopic (exact) mass is 536 g/mol. The summed E-state index contributed by atoms with van der Waals surface area (Å²) in [6, 6.07) is 3.84. The van der Waals surface area contributed by atoms with Crippen molar-refractivity contribution in [2.24, 2.45) is 5.92 Å². The summed E-state index contributed by atoms with van der Waals surface area (Å²) in [6.45, 7) is 1.73. The van der Waals surface area contributed by atoms with Crippen LogP contribution in [0, 0.1) is 17.8 Å². The maximum absolute atomic E-state index is 13.6. The third-order valence-corrected chi connectivity index (χ3v) is 6.72. The molecule has 0 bridgehead atoms. The van der Waals surface area contributed by atoms with Crippen LogP contribution in [0.25, 0.3) is 11.3 Å². The Morgan fingerprint density at radius 1 is 1.29 bits per heavy atom. The Morgan fingerprint density at radius 3 is 2.82 bits per heavy atom. The minimum absolute atomic E-state index is 0.190. The highest BCUT2D eigenvalue weighted by molar-refractivity contribution is 7.15. The highest BCUT2D eigenvalue weighted by atomic mass is 32.1. The van der Waals surface area contributed by atoms with E-state index in [0.29, 0.717) is 27.8 Å². The van der Waals surface area contributed by atoms with Gasteiger partial charge in [-0.1, -0.05) is 17.3 Å². The number of anilines is 1. The fourth-order valence-electron chi connectivity index (χ4n) is 3.97. The Balaban J connectivity index is 1.60. The number of dihydropyridines is 1. The molecule has 1 unspecified atom stereocenters. The Bertz CT molecular complexity index is 1580. The fraction of sp³-hybridized carbons (Fsp3) is 0.269. The summed E-state index contributed by atoms with van der Waals surface area (Å²) in [5.41, 5.74) is 0.662. The van der Waals surface area contributed by atoms with Crippen LogP contribution in [0.1, 0.15) is 48.0 Å². The Labute approximate surface area is 220 Å². The average molecular weight is 537 g/mol. The number of allylic oxidation sites excluding steroid dienone is 2. The first kappa shape index (κ1) is 25.3. The SMILES string of the molecule is COc1cnc(C(F)F)cc1C1=C(C(=O)Nc2nnc(C#CC3CC3)s2)C(C)NC(c2ccc[nH]c2=O)=C1. The van der Waals surface area contributed by atoms with Gasteiger partial charge in [0.05, 0.1) is 24.9 Å². The number of alkyl halides is 2. The number of halogens is 2. The second-order valence-electron chi connectivity index (χ2n) is 8.68. The number of amides is 1. The van der Waals surface area contributed by atoms with E-state index in [-0.39, 0.29) is 27.6 Å². The number of ether oxygens (including phenoxy) is 1. The number of H-pyrrole nitrogens is 1. The van der Waals surface area contributed by atoms with Gasteiger partial charge in [-0.2, -0.15) is 0 Å². The van der Waals surface area contributed by atoms with E-state index in [1.807, 2.05) is 0 Å². The second kappa shape index (κ2) is 10.5. The number of pyridine rings is 2. The molecular weight excluding hydrogens is 514 g/mol. The molecule has 4 heterocycles. The van der Waals surface area contributed by atoms with Gasteiger partial charge in [0, 0.05) is 28.9 Å². The second-order valence-corrected chi connectivity index (χ2v) is 9.66. The number of nitrogens with one attached hydrogen (secondary N) is 3. The van der Waals surface area contributed by atoms with E-state index in [2.05, 4.69) is 42.6 Å². The molecule has 3 aromatic heterocycles. The first-order valence-corrected chi connectivity index (χ1v) is 12.5. The van der Waals surface area contributed by atoms with Gasteiger partial charge in [-0.25, -0.2) is 8.78 Å². The minimum atomic E-state index is -2.84. The molecular formula is C26H22F2N6O3S. The van der Waals surface area contributed by atoms with Gasteiger partial charge in [0.25, 0.3) is 17.9 Å².